The summed E-state index contributed by atoms with van der Waals surface area (Å²) >= 11 is 0. The van der Waals surface area contributed by atoms with Gasteiger partial charge in [-0.1, -0.05) is 0 Å². The molecule has 1 N–H and O–H groups in total. The van der Waals surface area contributed by atoms with E-state index in [-0.39, 0.29) is 36.8 Å². The van der Waals surface area contributed by atoms with Crippen LogP contribution in [0.4, 0.5) is 27.8 Å². The molecule has 0 radical (unpaired) electrons. The Kier molecular flexibility index (Phi) is 7.25. The summed E-state index contributed by atoms with van der Waals surface area (Å²) in [5.41, 5.74) is 0.541. The molecule has 0 unspecified atom stereocenters. The lowest BCUT2D eigenvalue weighted by Crippen LogP contribution is -2.52. The molecule has 1 aliphatic rings. The van der Waals surface area contributed by atoms with E-state index in [1.54, 1.807) is 11.8 Å². The molecule has 1 aliphatic heterocycles. The van der Waals surface area contributed by atoms with Crippen LogP contribution in [-0.2, 0) is 18.0 Å². The van der Waals surface area contributed by atoms with Crippen molar-refractivity contribution in [2.75, 3.05) is 18.4 Å². The van der Waals surface area contributed by atoms with Gasteiger partial charge in [-0.3, -0.25) is 9.69 Å². The van der Waals surface area contributed by atoms with Crippen molar-refractivity contribution in [1.82, 2.24) is 14.5 Å². The third kappa shape index (κ3) is 5.64. The number of likely N-dealkylation sites (tertiary alicyclic amines) is 1. The highest BCUT2D eigenvalue weighted by atomic mass is 19.3. The van der Waals surface area contributed by atoms with Crippen LogP contribution in [-0.4, -0.2) is 45.4 Å². The molecule has 0 spiro atoms. The minimum absolute atomic E-state index is 0.0260. The lowest BCUT2D eigenvalue weighted by atomic mass is 9.87. The van der Waals surface area contributed by atoms with Gasteiger partial charge in [0.1, 0.15) is 24.1 Å². The molecule has 3 heterocycles. The number of carbonyl (C=O) groups excluding carboxylic acids is 1. The van der Waals surface area contributed by atoms with E-state index in [4.69, 9.17) is 0 Å². The standard InChI is InChI=1S/C24H24F5N5O2/c1-15(32-7-4-24(28,29)20(13-32)17-2-5-34(36)6-3-17)23(35)31-21-14-33(22(11-25)30-21)12-16-8-18(26)10-19(27)9-16/h2-3,5-6,8-10,14-15,20H,4,7,11-13H2,1H3,(H,31,35)/t15-,20-/m1/s1. The molecule has 1 amide bonds. The number of carbonyl (C=O) groups is 1. The summed E-state index contributed by atoms with van der Waals surface area (Å²) in [7, 11) is 0. The first-order valence-corrected chi connectivity index (χ1v) is 11.2. The number of amides is 1. The van der Waals surface area contributed by atoms with E-state index in [0.29, 0.717) is 10.3 Å². The molecule has 36 heavy (non-hydrogen) atoms. The molecule has 4 rings (SSSR count). The van der Waals surface area contributed by atoms with Crippen molar-refractivity contribution >= 4 is 11.7 Å². The van der Waals surface area contributed by atoms with E-state index in [0.717, 1.165) is 30.6 Å². The van der Waals surface area contributed by atoms with Crippen molar-refractivity contribution in [2.24, 2.45) is 0 Å². The molecule has 2 atom stereocenters. The number of aromatic nitrogens is 3. The number of rotatable bonds is 7. The highest BCUT2D eigenvalue weighted by Gasteiger charge is 2.46. The van der Waals surface area contributed by atoms with E-state index in [1.165, 1.54) is 22.9 Å². The predicted molar refractivity (Wildman–Crippen MR) is 120 cm³/mol. The summed E-state index contributed by atoms with van der Waals surface area (Å²) in [6, 6.07) is 4.81. The smallest absolute Gasteiger partial charge is 0.257 e. The summed E-state index contributed by atoms with van der Waals surface area (Å²) in [4.78, 5) is 18.5. The minimum Gasteiger partial charge on any atom is -0.619 e. The minimum atomic E-state index is -3.01. The average Bonchev–Trinajstić information content (AvgIpc) is 3.19. The van der Waals surface area contributed by atoms with Crippen molar-refractivity contribution in [3.63, 3.8) is 0 Å². The molecule has 0 aliphatic carbocycles. The zero-order valence-corrected chi connectivity index (χ0v) is 19.3. The van der Waals surface area contributed by atoms with Crippen LogP contribution in [0, 0.1) is 16.8 Å². The van der Waals surface area contributed by atoms with Crippen LogP contribution in [0.2, 0.25) is 0 Å². The van der Waals surface area contributed by atoms with Gasteiger partial charge in [0.05, 0.1) is 12.0 Å². The van der Waals surface area contributed by atoms with E-state index in [1.807, 2.05) is 0 Å². The normalized spacial score (nSPS) is 18.7. The van der Waals surface area contributed by atoms with Crippen molar-refractivity contribution in [2.45, 2.75) is 44.4 Å². The average molecular weight is 509 g/mol. The van der Waals surface area contributed by atoms with Gasteiger partial charge in [0.15, 0.2) is 18.2 Å². The zero-order valence-electron chi connectivity index (χ0n) is 19.3. The number of hydrogen-bond donors (Lipinski definition) is 1. The Morgan fingerprint density at radius 1 is 1.25 bits per heavy atom. The number of hydrogen-bond acceptors (Lipinski definition) is 4. The fourth-order valence-corrected chi connectivity index (χ4v) is 4.34. The highest BCUT2D eigenvalue weighted by molar-refractivity contribution is 5.93. The summed E-state index contributed by atoms with van der Waals surface area (Å²) in [5.74, 6) is -6.32. The Morgan fingerprint density at radius 2 is 1.92 bits per heavy atom. The Bertz CT molecular complexity index is 1210. The second-order valence-corrected chi connectivity index (χ2v) is 8.80. The van der Waals surface area contributed by atoms with Crippen LogP contribution in [0.1, 0.15) is 36.2 Å². The molecule has 0 bridgehead atoms. The maximum absolute atomic E-state index is 14.6. The number of imidazole rings is 1. The summed E-state index contributed by atoms with van der Waals surface area (Å²) in [6.07, 6.45) is 3.18. The Labute approximate surface area is 203 Å². The maximum Gasteiger partial charge on any atom is 0.257 e. The first-order chi connectivity index (χ1) is 17.1. The number of anilines is 1. The second kappa shape index (κ2) is 10.2. The van der Waals surface area contributed by atoms with Crippen molar-refractivity contribution < 1.29 is 31.5 Å². The van der Waals surface area contributed by atoms with Crippen LogP contribution in [0.5, 0.6) is 0 Å². The molecule has 7 nitrogen and oxygen atoms in total. The lowest BCUT2D eigenvalue weighted by molar-refractivity contribution is -0.605. The quantitative estimate of drug-likeness (QED) is 0.299. The summed E-state index contributed by atoms with van der Waals surface area (Å²) in [5, 5.41) is 13.8. The number of nitrogens with one attached hydrogen (secondary N) is 1. The van der Waals surface area contributed by atoms with E-state index in [2.05, 4.69) is 10.3 Å². The van der Waals surface area contributed by atoms with E-state index < -0.39 is 48.5 Å². The number of piperidine rings is 1. The van der Waals surface area contributed by atoms with E-state index >= 15 is 0 Å². The maximum atomic E-state index is 14.6. The van der Waals surface area contributed by atoms with Gasteiger partial charge in [-0.05, 0) is 30.2 Å². The van der Waals surface area contributed by atoms with Crippen LogP contribution >= 0.6 is 0 Å². The zero-order chi connectivity index (χ0) is 26.0. The largest absolute Gasteiger partial charge is 0.619 e. The lowest BCUT2D eigenvalue weighted by Gasteiger charge is -2.40. The molecule has 1 saturated heterocycles. The fourth-order valence-electron chi connectivity index (χ4n) is 4.34. The van der Waals surface area contributed by atoms with Crippen molar-refractivity contribution in [3.8, 4) is 0 Å². The van der Waals surface area contributed by atoms with Gasteiger partial charge in [-0.25, -0.2) is 26.9 Å². The first kappa shape index (κ1) is 25.5. The highest BCUT2D eigenvalue weighted by Crippen LogP contribution is 2.40. The van der Waals surface area contributed by atoms with Crippen molar-refractivity contribution in [1.29, 1.82) is 0 Å². The summed E-state index contributed by atoms with van der Waals surface area (Å²) in [6.45, 7) is 0.374. The van der Waals surface area contributed by atoms with E-state index in [9.17, 15) is 32.0 Å². The number of benzene rings is 1. The van der Waals surface area contributed by atoms with Gasteiger partial charge in [0.25, 0.3) is 5.92 Å². The fraction of sp³-hybridized carbons (Fsp3) is 0.375. The molecular weight excluding hydrogens is 485 g/mol. The van der Waals surface area contributed by atoms with Crippen LogP contribution in [0.15, 0.2) is 48.9 Å². The molecule has 3 aromatic rings. The SMILES string of the molecule is C[C@H](C(=O)Nc1cn(Cc2cc(F)cc(F)c2)c(CF)n1)N1CCC(F)(F)[C@@H](c2cc[n+]([O-])cc2)C1. The number of alkyl halides is 3. The monoisotopic (exact) mass is 509 g/mol. The van der Waals surface area contributed by atoms with Crippen LogP contribution in [0.3, 0.4) is 0 Å². The molecule has 12 heteroatoms. The Balaban J connectivity index is 1.46. The predicted octanol–water partition coefficient (Wildman–Crippen LogP) is 3.76. The topological polar surface area (TPSA) is 77.1 Å². The van der Waals surface area contributed by atoms with Crippen LogP contribution < -0.4 is 10.0 Å². The molecular formula is C24H24F5N5O2. The third-order valence-corrected chi connectivity index (χ3v) is 6.32. The molecule has 1 fully saturated rings. The second-order valence-electron chi connectivity index (χ2n) is 8.80. The number of pyridine rings is 1. The first-order valence-electron chi connectivity index (χ1n) is 11.2. The Hall–Kier alpha value is -3.54. The van der Waals surface area contributed by atoms with Gasteiger partial charge < -0.3 is 15.1 Å². The third-order valence-electron chi connectivity index (χ3n) is 6.32. The van der Waals surface area contributed by atoms with Crippen LogP contribution in [0.25, 0.3) is 0 Å². The van der Waals surface area contributed by atoms with Gasteiger partial charge in [-0.15, -0.1) is 0 Å². The van der Waals surface area contributed by atoms with Crippen molar-refractivity contribution in [3.05, 3.63) is 82.7 Å². The number of halogens is 5. The van der Waals surface area contributed by atoms with Gasteiger partial charge >= 0.3 is 0 Å². The Morgan fingerprint density at radius 3 is 2.56 bits per heavy atom. The molecule has 1 aromatic carbocycles. The van der Waals surface area contributed by atoms with Gasteiger partial charge in [0, 0.05) is 50.5 Å². The molecule has 0 saturated carbocycles. The molecule has 2 aromatic heterocycles. The number of nitrogens with zero attached hydrogens (tertiary/aromatic N) is 4. The molecule has 192 valence electrons. The summed E-state index contributed by atoms with van der Waals surface area (Å²) < 4.78 is 71.6. The van der Waals surface area contributed by atoms with Gasteiger partial charge in [-0.2, -0.15) is 4.73 Å². The van der Waals surface area contributed by atoms with Gasteiger partial charge in [0.2, 0.25) is 5.91 Å².